The van der Waals surface area contributed by atoms with Gasteiger partial charge in [-0.2, -0.15) is 5.10 Å². The normalized spacial score (nSPS) is 10.4. The van der Waals surface area contributed by atoms with Crippen molar-refractivity contribution >= 4 is 11.5 Å². The molecule has 2 N–H and O–H groups in total. The first-order valence-electron chi connectivity index (χ1n) is 5.34. The smallest absolute Gasteiger partial charge is 0.144 e. The van der Waals surface area contributed by atoms with E-state index in [2.05, 4.69) is 10.1 Å². The number of rotatable bonds is 4. The largest absolute Gasteiger partial charge is 0.399 e. The molecule has 1 heterocycles. The van der Waals surface area contributed by atoms with Crippen LogP contribution in [0.3, 0.4) is 0 Å². The fourth-order valence-electron chi connectivity index (χ4n) is 1.58. The van der Waals surface area contributed by atoms with Gasteiger partial charge in [0.2, 0.25) is 0 Å². The summed E-state index contributed by atoms with van der Waals surface area (Å²) in [5.74, 6) is 0.802. The summed E-state index contributed by atoms with van der Waals surface area (Å²) < 4.78 is 1.61. The van der Waals surface area contributed by atoms with Gasteiger partial charge in [-0.05, 0) is 17.7 Å². The number of carbonyl (C=O) groups excluding carboxylic acids is 1. The van der Waals surface area contributed by atoms with Crippen molar-refractivity contribution in [2.24, 2.45) is 7.05 Å². The Hall–Kier alpha value is -2.17. The molecule has 17 heavy (non-hydrogen) atoms. The summed E-state index contributed by atoms with van der Waals surface area (Å²) in [7, 11) is 1.78. The molecule has 0 aliphatic heterocycles. The molecule has 2 rings (SSSR count). The predicted molar refractivity (Wildman–Crippen MR) is 64.3 cm³/mol. The lowest BCUT2D eigenvalue weighted by atomic mass is 10.1. The van der Waals surface area contributed by atoms with E-state index in [1.165, 1.54) is 6.33 Å². The fourth-order valence-corrected chi connectivity index (χ4v) is 1.58. The molecule has 0 aliphatic carbocycles. The monoisotopic (exact) mass is 230 g/mol. The second-order valence-electron chi connectivity index (χ2n) is 3.93. The van der Waals surface area contributed by atoms with Crippen molar-refractivity contribution in [1.29, 1.82) is 0 Å². The second-order valence-corrected chi connectivity index (χ2v) is 3.93. The summed E-state index contributed by atoms with van der Waals surface area (Å²) in [4.78, 5) is 15.8. The van der Waals surface area contributed by atoms with Crippen LogP contribution in [0, 0.1) is 0 Å². The lowest BCUT2D eigenvalue weighted by Gasteiger charge is -2.02. The van der Waals surface area contributed by atoms with Crippen molar-refractivity contribution in [2.75, 3.05) is 5.73 Å². The first kappa shape index (κ1) is 11.3. The van der Waals surface area contributed by atoms with Gasteiger partial charge in [-0.3, -0.25) is 9.48 Å². The molecule has 0 radical (unpaired) electrons. The molecule has 0 saturated heterocycles. The molecular formula is C12H14N4O. The van der Waals surface area contributed by atoms with Crippen LogP contribution in [0.4, 0.5) is 5.69 Å². The topological polar surface area (TPSA) is 73.8 Å². The minimum atomic E-state index is 0.117. The van der Waals surface area contributed by atoms with Crippen LogP contribution in [-0.4, -0.2) is 20.5 Å². The second kappa shape index (κ2) is 4.78. The zero-order valence-electron chi connectivity index (χ0n) is 9.63. The SMILES string of the molecule is Cn1ncnc1CC(=O)Cc1ccc(N)cc1. The number of hydrogen-bond acceptors (Lipinski definition) is 4. The number of Topliss-reactive ketones (excluding diaryl/α,β-unsaturated/α-hetero) is 1. The zero-order valence-corrected chi connectivity index (χ0v) is 9.63. The average molecular weight is 230 g/mol. The quantitative estimate of drug-likeness (QED) is 0.787. The lowest BCUT2D eigenvalue weighted by Crippen LogP contribution is -2.11. The Morgan fingerprint density at radius 3 is 2.59 bits per heavy atom. The first-order valence-corrected chi connectivity index (χ1v) is 5.34. The number of hydrogen-bond donors (Lipinski definition) is 1. The summed E-state index contributed by atoms with van der Waals surface area (Å²) in [6.07, 6.45) is 2.15. The van der Waals surface area contributed by atoms with E-state index < -0.39 is 0 Å². The average Bonchev–Trinajstić information content (AvgIpc) is 2.68. The Balaban J connectivity index is 1.98. The molecule has 0 unspecified atom stereocenters. The van der Waals surface area contributed by atoms with Crippen molar-refractivity contribution in [3.8, 4) is 0 Å². The van der Waals surface area contributed by atoms with Crippen LogP contribution < -0.4 is 5.73 Å². The Morgan fingerprint density at radius 2 is 2.00 bits per heavy atom. The number of aromatic nitrogens is 3. The predicted octanol–water partition coefficient (Wildman–Crippen LogP) is 0.752. The van der Waals surface area contributed by atoms with Crippen LogP contribution in [-0.2, 0) is 24.7 Å². The van der Waals surface area contributed by atoms with Crippen molar-refractivity contribution in [3.05, 3.63) is 42.0 Å². The van der Waals surface area contributed by atoms with E-state index in [1.54, 1.807) is 23.9 Å². The van der Waals surface area contributed by atoms with E-state index in [0.717, 1.165) is 5.56 Å². The third-order valence-electron chi connectivity index (χ3n) is 2.54. The zero-order chi connectivity index (χ0) is 12.3. The van der Waals surface area contributed by atoms with Crippen molar-refractivity contribution < 1.29 is 4.79 Å². The highest BCUT2D eigenvalue weighted by Gasteiger charge is 2.09. The first-order chi connectivity index (χ1) is 8.15. The Morgan fingerprint density at radius 1 is 1.29 bits per heavy atom. The third-order valence-corrected chi connectivity index (χ3v) is 2.54. The van der Waals surface area contributed by atoms with Gasteiger partial charge in [-0.1, -0.05) is 12.1 Å². The minimum absolute atomic E-state index is 0.117. The molecular weight excluding hydrogens is 216 g/mol. The van der Waals surface area contributed by atoms with Gasteiger partial charge < -0.3 is 5.73 Å². The van der Waals surface area contributed by atoms with E-state index in [4.69, 9.17) is 5.73 Å². The molecule has 5 nitrogen and oxygen atoms in total. The molecule has 0 spiro atoms. The summed E-state index contributed by atoms with van der Waals surface area (Å²) in [6.45, 7) is 0. The standard InChI is InChI=1S/C12H14N4O/c1-16-12(14-8-15-16)7-11(17)6-9-2-4-10(13)5-3-9/h2-5,8H,6-7,13H2,1H3. The van der Waals surface area contributed by atoms with Gasteiger partial charge in [0.1, 0.15) is 17.9 Å². The number of aryl methyl sites for hydroxylation is 1. The highest BCUT2D eigenvalue weighted by atomic mass is 16.1. The van der Waals surface area contributed by atoms with Gasteiger partial charge >= 0.3 is 0 Å². The molecule has 0 fully saturated rings. The number of benzene rings is 1. The molecule has 1 aromatic carbocycles. The maximum Gasteiger partial charge on any atom is 0.144 e. The van der Waals surface area contributed by atoms with Gasteiger partial charge in [-0.15, -0.1) is 0 Å². The highest BCUT2D eigenvalue weighted by Crippen LogP contribution is 2.07. The molecule has 5 heteroatoms. The number of nitrogen functional groups attached to an aromatic ring is 1. The van der Waals surface area contributed by atoms with Crippen molar-refractivity contribution in [3.63, 3.8) is 0 Å². The van der Waals surface area contributed by atoms with Gasteiger partial charge in [0.15, 0.2) is 0 Å². The summed E-state index contributed by atoms with van der Waals surface area (Å²) >= 11 is 0. The number of carbonyl (C=O) groups is 1. The molecule has 88 valence electrons. The summed E-state index contributed by atoms with van der Waals surface area (Å²) in [6, 6.07) is 7.32. The Bertz CT molecular complexity index is 516. The molecule has 0 bridgehead atoms. The van der Waals surface area contributed by atoms with Gasteiger partial charge in [-0.25, -0.2) is 4.98 Å². The van der Waals surface area contributed by atoms with Crippen LogP contribution in [0.5, 0.6) is 0 Å². The van der Waals surface area contributed by atoms with Gasteiger partial charge in [0.05, 0.1) is 6.42 Å². The van der Waals surface area contributed by atoms with Gasteiger partial charge in [0, 0.05) is 19.2 Å². The third kappa shape index (κ3) is 2.90. The minimum Gasteiger partial charge on any atom is -0.399 e. The van der Waals surface area contributed by atoms with Crippen molar-refractivity contribution in [1.82, 2.24) is 14.8 Å². The molecule has 0 aliphatic rings. The maximum atomic E-state index is 11.8. The number of ketones is 1. The Kier molecular flexibility index (Phi) is 3.18. The van der Waals surface area contributed by atoms with Crippen LogP contribution in [0.2, 0.25) is 0 Å². The maximum absolute atomic E-state index is 11.8. The number of anilines is 1. The lowest BCUT2D eigenvalue weighted by molar-refractivity contribution is -0.117. The molecule has 0 amide bonds. The van der Waals surface area contributed by atoms with Crippen LogP contribution in [0.25, 0.3) is 0 Å². The molecule has 2 aromatic rings. The van der Waals surface area contributed by atoms with E-state index in [-0.39, 0.29) is 5.78 Å². The number of nitrogens with two attached hydrogens (primary N) is 1. The summed E-state index contributed by atoms with van der Waals surface area (Å²) in [5.41, 5.74) is 7.25. The van der Waals surface area contributed by atoms with E-state index in [1.807, 2.05) is 12.1 Å². The molecule has 0 saturated carbocycles. The van der Waals surface area contributed by atoms with Crippen LogP contribution in [0.1, 0.15) is 11.4 Å². The number of nitrogens with zero attached hydrogens (tertiary/aromatic N) is 3. The fraction of sp³-hybridized carbons (Fsp3) is 0.250. The van der Waals surface area contributed by atoms with E-state index in [0.29, 0.717) is 24.4 Å². The summed E-state index contributed by atoms with van der Waals surface area (Å²) in [5, 5.41) is 3.93. The molecule has 1 aromatic heterocycles. The van der Waals surface area contributed by atoms with Crippen LogP contribution in [0.15, 0.2) is 30.6 Å². The van der Waals surface area contributed by atoms with E-state index in [9.17, 15) is 4.79 Å². The highest BCUT2D eigenvalue weighted by molar-refractivity contribution is 5.82. The van der Waals surface area contributed by atoms with E-state index >= 15 is 0 Å². The van der Waals surface area contributed by atoms with Gasteiger partial charge in [0.25, 0.3) is 0 Å². The Labute approximate surface area is 99.3 Å². The van der Waals surface area contributed by atoms with Crippen molar-refractivity contribution in [2.45, 2.75) is 12.8 Å². The molecule has 0 atom stereocenters. The van der Waals surface area contributed by atoms with Crippen LogP contribution >= 0.6 is 0 Å².